The van der Waals surface area contributed by atoms with Crippen LogP contribution in [0.5, 0.6) is 0 Å². The summed E-state index contributed by atoms with van der Waals surface area (Å²) in [6.07, 6.45) is 1.57. The summed E-state index contributed by atoms with van der Waals surface area (Å²) in [4.78, 5) is 25.2. The molecule has 0 aromatic carbocycles. The third kappa shape index (κ3) is 3.91. The van der Waals surface area contributed by atoms with Crippen LogP contribution >= 0.6 is 11.3 Å². The van der Waals surface area contributed by atoms with Crippen molar-refractivity contribution >= 4 is 33.2 Å². The SMILES string of the molecule is CCC1(C(=O)O)CCCN(C(=O)CNS(=O)(=O)c2cccs2)C1. The molecule has 1 aromatic rings. The van der Waals surface area contributed by atoms with Crippen molar-refractivity contribution in [3.05, 3.63) is 17.5 Å². The van der Waals surface area contributed by atoms with Gasteiger partial charge in [0.25, 0.3) is 10.0 Å². The molecule has 1 unspecified atom stereocenters. The molecule has 2 N–H and O–H groups in total. The van der Waals surface area contributed by atoms with E-state index in [0.29, 0.717) is 25.8 Å². The topological polar surface area (TPSA) is 104 Å². The van der Waals surface area contributed by atoms with Gasteiger partial charge in [-0.15, -0.1) is 11.3 Å². The lowest BCUT2D eigenvalue weighted by atomic mass is 9.77. The van der Waals surface area contributed by atoms with Gasteiger partial charge in [-0.2, -0.15) is 0 Å². The van der Waals surface area contributed by atoms with E-state index in [2.05, 4.69) is 4.72 Å². The highest BCUT2D eigenvalue weighted by molar-refractivity contribution is 7.91. The molecule has 2 heterocycles. The number of aliphatic carboxylic acids is 1. The van der Waals surface area contributed by atoms with E-state index in [0.717, 1.165) is 11.3 Å². The van der Waals surface area contributed by atoms with E-state index >= 15 is 0 Å². The number of likely N-dealkylation sites (tertiary alicyclic amines) is 1. The molecule has 0 bridgehead atoms. The summed E-state index contributed by atoms with van der Waals surface area (Å²) in [5, 5.41) is 11.1. The van der Waals surface area contributed by atoms with Gasteiger partial charge in [0.2, 0.25) is 5.91 Å². The maximum absolute atomic E-state index is 12.3. The van der Waals surface area contributed by atoms with E-state index in [1.54, 1.807) is 18.4 Å². The fourth-order valence-corrected chi connectivity index (χ4v) is 4.73. The number of carboxylic acid groups (broad SMARTS) is 1. The summed E-state index contributed by atoms with van der Waals surface area (Å²) in [5.74, 6) is -1.31. The van der Waals surface area contributed by atoms with Crippen molar-refractivity contribution in [2.75, 3.05) is 19.6 Å². The van der Waals surface area contributed by atoms with Crippen molar-refractivity contribution in [1.29, 1.82) is 0 Å². The first-order chi connectivity index (χ1) is 10.8. The smallest absolute Gasteiger partial charge is 0.311 e. The summed E-state index contributed by atoms with van der Waals surface area (Å²) in [7, 11) is -3.70. The Kier molecular flexibility index (Phi) is 5.43. The van der Waals surface area contributed by atoms with Gasteiger partial charge in [0, 0.05) is 13.1 Å². The number of thiophene rings is 1. The summed E-state index contributed by atoms with van der Waals surface area (Å²) >= 11 is 1.07. The number of carbonyl (C=O) groups is 2. The van der Waals surface area contributed by atoms with Crippen molar-refractivity contribution in [2.45, 2.75) is 30.4 Å². The molecule has 1 atom stereocenters. The van der Waals surface area contributed by atoms with Crippen LogP contribution in [0.2, 0.25) is 0 Å². The number of amides is 1. The van der Waals surface area contributed by atoms with Gasteiger partial charge in [0.1, 0.15) is 4.21 Å². The molecule has 23 heavy (non-hydrogen) atoms. The van der Waals surface area contributed by atoms with Crippen LogP contribution in [0.4, 0.5) is 0 Å². The van der Waals surface area contributed by atoms with Crippen molar-refractivity contribution < 1.29 is 23.1 Å². The first-order valence-electron chi connectivity index (χ1n) is 7.35. The van der Waals surface area contributed by atoms with E-state index in [-0.39, 0.29) is 17.3 Å². The predicted octanol–water partition coefficient (Wildman–Crippen LogP) is 1.13. The van der Waals surface area contributed by atoms with Gasteiger partial charge in [0.05, 0.1) is 12.0 Å². The van der Waals surface area contributed by atoms with Crippen LogP contribution in [0.15, 0.2) is 21.7 Å². The minimum Gasteiger partial charge on any atom is -0.481 e. The van der Waals surface area contributed by atoms with Crippen LogP contribution in [0, 0.1) is 5.41 Å². The van der Waals surface area contributed by atoms with Crippen LogP contribution in [0.25, 0.3) is 0 Å². The molecular weight excluding hydrogens is 340 g/mol. The summed E-state index contributed by atoms with van der Waals surface area (Å²) < 4.78 is 26.4. The molecule has 9 heteroatoms. The van der Waals surface area contributed by atoms with Crippen molar-refractivity contribution in [3.8, 4) is 0 Å². The van der Waals surface area contributed by atoms with Crippen LogP contribution in [-0.2, 0) is 19.6 Å². The number of piperidine rings is 1. The third-order valence-electron chi connectivity index (χ3n) is 4.23. The second-order valence-electron chi connectivity index (χ2n) is 5.61. The van der Waals surface area contributed by atoms with E-state index in [1.165, 1.54) is 11.0 Å². The summed E-state index contributed by atoms with van der Waals surface area (Å²) in [6, 6.07) is 3.08. The Morgan fingerprint density at radius 3 is 2.78 bits per heavy atom. The maximum atomic E-state index is 12.3. The van der Waals surface area contributed by atoms with Crippen molar-refractivity contribution in [2.24, 2.45) is 5.41 Å². The second-order valence-corrected chi connectivity index (χ2v) is 8.56. The quantitative estimate of drug-likeness (QED) is 0.791. The highest BCUT2D eigenvalue weighted by atomic mass is 32.2. The Hall–Kier alpha value is -1.45. The van der Waals surface area contributed by atoms with Gasteiger partial charge in [-0.05, 0) is 30.7 Å². The van der Waals surface area contributed by atoms with E-state index in [9.17, 15) is 23.1 Å². The molecule has 1 amide bonds. The minimum atomic E-state index is -3.70. The van der Waals surface area contributed by atoms with E-state index < -0.39 is 27.3 Å². The minimum absolute atomic E-state index is 0.123. The monoisotopic (exact) mass is 360 g/mol. The molecule has 0 saturated carbocycles. The molecule has 1 saturated heterocycles. The standard InChI is InChI=1S/C14H20N2O5S2/c1-2-14(13(18)19)6-4-7-16(10-14)11(17)9-15-23(20,21)12-5-3-8-22-12/h3,5,8,15H,2,4,6-7,9-10H2,1H3,(H,18,19). The van der Waals surface area contributed by atoms with Gasteiger partial charge in [-0.25, -0.2) is 13.1 Å². The normalized spacial score (nSPS) is 22.0. The lowest BCUT2D eigenvalue weighted by molar-refractivity contribution is -0.155. The number of sulfonamides is 1. The molecule has 128 valence electrons. The lowest BCUT2D eigenvalue weighted by Crippen LogP contribution is -2.51. The van der Waals surface area contributed by atoms with Crippen LogP contribution in [-0.4, -0.2) is 49.9 Å². The molecule has 0 radical (unpaired) electrons. The Morgan fingerprint density at radius 1 is 1.48 bits per heavy atom. The number of hydrogen-bond donors (Lipinski definition) is 2. The Morgan fingerprint density at radius 2 is 2.22 bits per heavy atom. The molecule has 0 spiro atoms. The fourth-order valence-electron chi connectivity index (χ4n) is 2.72. The molecule has 1 aliphatic rings. The van der Waals surface area contributed by atoms with E-state index in [4.69, 9.17) is 0 Å². The molecular formula is C14H20N2O5S2. The molecule has 1 fully saturated rings. The summed E-state index contributed by atoms with van der Waals surface area (Å²) in [6.45, 7) is 2.01. The number of carboxylic acids is 1. The average molecular weight is 360 g/mol. The number of carbonyl (C=O) groups excluding carboxylic acids is 1. The van der Waals surface area contributed by atoms with Gasteiger partial charge < -0.3 is 10.0 Å². The van der Waals surface area contributed by atoms with Crippen LogP contribution in [0.1, 0.15) is 26.2 Å². The maximum Gasteiger partial charge on any atom is 0.311 e. The van der Waals surface area contributed by atoms with Crippen molar-refractivity contribution in [1.82, 2.24) is 9.62 Å². The number of rotatable bonds is 6. The molecule has 1 aliphatic heterocycles. The highest BCUT2D eigenvalue weighted by Gasteiger charge is 2.42. The Bertz CT molecular complexity index is 671. The largest absolute Gasteiger partial charge is 0.481 e. The zero-order valence-corrected chi connectivity index (χ0v) is 14.5. The first-order valence-corrected chi connectivity index (χ1v) is 9.71. The van der Waals surface area contributed by atoms with Gasteiger partial charge >= 0.3 is 5.97 Å². The lowest BCUT2D eigenvalue weighted by Gasteiger charge is -2.39. The van der Waals surface area contributed by atoms with Crippen LogP contribution < -0.4 is 4.72 Å². The number of hydrogen-bond acceptors (Lipinski definition) is 5. The number of nitrogens with zero attached hydrogens (tertiary/aromatic N) is 1. The first kappa shape index (κ1) is 17.9. The Balaban J connectivity index is 2.00. The predicted molar refractivity (Wildman–Crippen MR) is 85.7 cm³/mol. The van der Waals surface area contributed by atoms with Gasteiger partial charge in [-0.3, -0.25) is 9.59 Å². The fraction of sp³-hybridized carbons (Fsp3) is 0.571. The zero-order valence-electron chi connectivity index (χ0n) is 12.8. The molecule has 0 aliphatic carbocycles. The molecule has 1 aromatic heterocycles. The van der Waals surface area contributed by atoms with E-state index in [1.807, 2.05) is 0 Å². The third-order valence-corrected chi connectivity index (χ3v) is 7.03. The van der Waals surface area contributed by atoms with Crippen LogP contribution in [0.3, 0.4) is 0 Å². The second kappa shape index (κ2) is 6.98. The number of nitrogens with one attached hydrogen (secondary N) is 1. The average Bonchev–Trinajstić information content (AvgIpc) is 3.08. The van der Waals surface area contributed by atoms with Gasteiger partial charge in [-0.1, -0.05) is 13.0 Å². The molecule has 7 nitrogen and oxygen atoms in total. The van der Waals surface area contributed by atoms with Gasteiger partial charge in [0.15, 0.2) is 0 Å². The zero-order chi connectivity index (χ0) is 17.1. The molecule has 2 rings (SSSR count). The Labute approximate surface area is 139 Å². The summed E-state index contributed by atoms with van der Waals surface area (Å²) in [5.41, 5.74) is -0.930. The van der Waals surface area contributed by atoms with Crippen molar-refractivity contribution in [3.63, 3.8) is 0 Å². The highest BCUT2D eigenvalue weighted by Crippen LogP contribution is 2.33.